The second-order valence-corrected chi connectivity index (χ2v) is 7.64. The van der Waals surface area contributed by atoms with Gasteiger partial charge in [0.25, 0.3) is 5.91 Å². The Bertz CT molecular complexity index is 999. The van der Waals surface area contributed by atoms with Crippen LogP contribution >= 0.6 is 11.6 Å². The van der Waals surface area contributed by atoms with E-state index in [-0.39, 0.29) is 5.91 Å². The van der Waals surface area contributed by atoms with Crippen LogP contribution in [-0.4, -0.2) is 21.5 Å². The van der Waals surface area contributed by atoms with Crippen LogP contribution in [0.2, 0.25) is 5.02 Å². The Morgan fingerprint density at radius 1 is 0.966 bits per heavy atom. The summed E-state index contributed by atoms with van der Waals surface area (Å²) < 4.78 is 5.84. The molecule has 1 aromatic heterocycles. The average Bonchev–Trinajstić information content (AvgIpc) is 2.63. The van der Waals surface area contributed by atoms with Crippen LogP contribution in [0.4, 0.5) is 17.3 Å². The number of rotatable bonds is 6. The molecule has 7 heteroatoms. The summed E-state index contributed by atoms with van der Waals surface area (Å²) in [6, 6.07) is 16.1. The van der Waals surface area contributed by atoms with Crippen molar-refractivity contribution in [3.63, 3.8) is 0 Å². The number of amides is 1. The number of ether oxygens (including phenoxy) is 1. The van der Waals surface area contributed by atoms with Crippen molar-refractivity contribution in [2.24, 2.45) is 0 Å². The molecule has 3 aromatic rings. The van der Waals surface area contributed by atoms with Crippen LogP contribution in [0.5, 0.6) is 5.75 Å². The first-order valence-electron chi connectivity index (χ1n) is 9.17. The molecule has 0 saturated carbocycles. The summed E-state index contributed by atoms with van der Waals surface area (Å²) >= 11 is 5.89. The quantitative estimate of drug-likeness (QED) is 0.577. The number of nitrogens with one attached hydrogen (secondary N) is 2. The van der Waals surface area contributed by atoms with Gasteiger partial charge in [-0.3, -0.25) is 4.79 Å². The minimum atomic E-state index is -1.08. The van der Waals surface area contributed by atoms with Gasteiger partial charge in [0.2, 0.25) is 5.95 Å². The van der Waals surface area contributed by atoms with Crippen LogP contribution in [0.1, 0.15) is 25.2 Å². The standard InChI is InChI=1S/C22H23ClN4O2/c1-14-12-15(2)25-21(24-14)27-18-7-5-6-17(13-18)26-20(28)22(3,4)29-19-10-8-16(23)9-11-19/h5-13H,1-4H3,(H,26,28)(H,24,25,27). The summed E-state index contributed by atoms with van der Waals surface area (Å²) in [6.07, 6.45) is 0. The van der Waals surface area contributed by atoms with E-state index in [1.165, 1.54) is 0 Å². The SMILES string of the molecule is Cc1cc(C)nc(Nc2cccc(NC(=O)C(C)(C)Oc3ccc(Cl)cc3)c2)n1. The van der Waals surface area contributed by atoms with Gasteiger partial charge in [0.1, 0.15) is 5.75 Å². The zero-order chi connectivity index (χ0) is 21.0. The smallest absolute Gasteiger partial charge is 0.267 e. The average molecular weight is 411 g/mol. The van der Waals surface area contributed by atoms with E-state index in [0.29, 0.717) is 22.4 Å². The Balaban J connectivity index is 1.70. The summed E-state index contributed by atoms with van der Waals surface area (Å²) in [5.74, 6) is 0.807. The van der Waals surface area contributed by atoms with E-state index in [1.54, 1.807) is 38.1 Å². The molecule has 0 radical (unpaired) electrons. The molecule has 0 atom stereocenters. The highest BCUT2D eigenvalue weighted by molar-refractivity contribution is 6.30. The fourth-order valence-electron chi connectivity index (χ4n) is 2.71. The molecule has 0 aliphatic carbocycles. The number of anilines is 3. The van der Waals surface area contributed by atoms with E-state index in [1.807, 2.05) is 44.2 Å². The molecule has 0 saturated heterocycles. The second-order valence-electron chi connectivity index (χ2n) is 7.20. The van der Waals surface area contributed by atoms with Gasteiger partial charge in [-0.25, -0.2) is 9.97 Å². The molecule has 0 aliphatic heterocycles. The molecule has 1 heterocycles. The Hall–Kier alpha value is -3.12. The minimum Gasteiger partial charge on any atom is -0.478 e. The lowest BCUT2D eigenvalue weighted by molar-refractivity contribution is -0.128. The minimum absolute atomic E-state index is 0.271. The normalized spacial score (nSPS) is 11.1. The van der Waals surface area contributed by atoms with E-state index in [2.05, 4.69) is 20.6 Å². The molecular formula is C22H23ClN4O2. The third kappa shape index (κ3) is 5.68. The van der Waals surface area contributed by atoms with Crippen molar-refractivity contribution in [2.75, 3.05) is 10.6 Å². The van der Waals surface area contributed by atoms with Gasteiger partial charge in [-0.2, -0.15) is 0 Å². The molecule has 0 bridgehead atoms. The summed E-state index contributed by atoms with van der Waals surface area (Å²) in [4.78, 5) is 21.5. The predicted octanol–water partition coefficient (Wildman–Crippen LogP) is 5.29. The molecule has 3 rings (SSSR count). The van der Waals surface area contributed by atoms with Crippen molar-refractivity contribution in [1.29, 1.82) is 0 Å². The van der Waals surface area contributed by atoms with Gasteiger partial charge < -0.3 is 15.4 Å². The van der Waals surface area contributed by atoms with Crippen molar-refractivity contribution < 1.29 is 9.53 Å². The summed E-state index contributed by atoms with van der Waals surface area (Å²) in [5, 5.41) is 6.67. The number of benzene rings is 2. The Labute approximate surface area is 175 Å². The first kappa shape index (κ1) is 20.6. The lowest BCUT2D eigenvalue weighted by atomic mass is 10.1. The van der Waals surface area contributed by atoms with Crippen LogP contribution in [0, 0.1) is 13.8 Å². The maximum Gasteiger partial charge on any atom is 0.267 e. The number of aryl methyl sites for hydroxylation is 2. The Kier molecular flexibility index (Phi) is 6.03. The van der Waals surface area contributed by atoms with Crippen LogP contribution < -0.4 is 15.4 Å². The molecule has 0 fully saturated rings. The third-order valence-electron chi connectivity index (χ3n) is 4.09. The molecule has 2 N–H and O–H groups in total. The summed E-state index contributed by atoms with van der Waals surface area (Å²) in [7, 11) is 0. The number of hydrogen-bond acceptors (Lipinski definition) is 5. The van der Waals surface area contributed by atoms with Crippen molar-refractivity contribution in [3.8, 4) is 5.75 Å². The number of carbonyl (C=O) groups is 1. The number of halogens is 1. The van der Waals surface area contributed by atoms with Gasteiger partial charge >= 0.3 is 0 Å². The van der Waals surface area contributed by atoms with Gasteiger partial charge in [-0.15, -0.1) is 0 Å². The van der Waals surface area contributed by atoms with Crippen LogP contribution in [0.25, 0.3) is 0 Å². The van der Waals surface area contributed by atoms with Crippen molar-refractivity contribution in [1.82, 2.24) is 9.97 Å². The fourth-order valence-corrected chi connectivity index (χ4v) is 2.84. The second kappa shape index (κ2) is 8.49. The topological polar surface area (TPSA) is 76.1 Å². The number of carbonyl (C=O) groups excluding carboxylic acids is 1. The molecule has 0 aliphatic rings. The van der Waals surface area contributed by atoms with Gasteiger partial charge in [-0.05, 0) is 76.2 Å². The maximum absolute atomic E-state index is 12.8. The van der Waals surface area contributed by atoms with Crippen molar-refractivity contribution in [3.05, 3.63) is 71.0 Å². The maximum atomic E-state index is 12.8. The lowest BCUT2D eigenvalue weighted by Crippen LogP contribution is -2.42. The largest absolute Gasteiger partial charge is 0.478 e. The fraction of sp³-hybridized carbons (Fsp3) is 0.227. The van der Waals surface area contributed by atoms with E-state index in [9.17, 15) is 4.79 Å². The molecule has 150 valence electrons. The van der Waals surface area contributed by atoms with Crippen molar-refractivity contribution >= 4 is 34.8 Å². The van der Waals surface area contributed by atoms with Crippen LogP contribution in [-0.2, 0) is 4.79 Å². The van der Waals surface area contributed by atoms with Gasteiger partial charge in [0.05, 0.1) is 0 Å². The van der Waals surface area contributed by atoms with Crippen molar-refractivity contribution in [2.45, 2.75) is 33.3 Å². The predicted molar refractivity (Wildman–Crippen MR) is 116 cm³/mol. The van der Waals surface area contributed by atoms with Gasteiger partial charge in [-0.1, -0.05) is 17.7 Å². The molecule has 1 amide bonds. The first-order valence-corrected chi connectivity index (χ1v) is 9.54. The third-order valence-corrected chi connectivity index (χ3v) is 4.34. The van der Waals surface area contributed by atoms with E-state index >= 15 is 0 Å². The zero-order valence-electron chi connectivity index (χ0n) is 16.8. The van der Waals surface area contributed by atoms with Crippen LogP contribution in [0.15, 0.2) is 54.6 Å². The lowest BCUT2D eigenvalue weighted by Gasteiger charge is -2.25. The number of nitrogens with zero attached hydrogens (tertiary/aromatic N) is 2. The molecule has 0 unspecified atom stereocenters. The highest BCUT2D eigenvalue weighted by atomic mass is 35.5. The summed E-state index contributed by atoms with van der Waals surface area (Å²) in [5.41, 5.74) is 2.09. The van der Waals surface area contributed by atoms with Crippen LogP contribution in [0.3, 0.4) is 0 Å². The van der Waals surface area contributed by atoms with E-state index < -0.39 is 5.60 Å². The first-order chi connectivity index (χ1) is 13.7. The molecule has 29 heavy (non-hydrogen) atoms. The van der Waals surface area contributed by atoms with Gasteiger partial charge in [0, 0.05) is 27.8 Å². The molecule has 0 spiro atoms. The Morgan fingerprint density at radius 3 is 2.24 bits per heavy atom. The molecular weight excluding hydrogens is 388 g/mol. The highest BCUT2D eigenvalue weighted by Crippen LogP contribution is 2.23. The molecule has 6 nitrogen and oxygen atoms in total. The number of aromatic nitrogens is 2. The Morgan fingerprint density at radius 2 is 1.59 bits per heavy atom. The zero-order valence-corrected chi connectivity index (χ0v) is 17.5. The monoisotopic (exact) mass is 410 g/mol. The highest BCUT2D eigenvalue weighted by Gasteiger charge is 2.30. The van der Waals surface area contributed by atoms with E-state index in [0.717, 1.165) is 17.1 Å². The summed E-state index contributed by atoms with van der Waals surface area (Å²) in [6.45, 7) is 7.25. The van der Waals surface area contributed by atoms with E-state index in [4.69, 9.17) is 16.3 Å². The van der Waals surface area contributed by atoms with Gasteiger partial charge in [0.15, 0.2) is 5.60 Å². The molecule has 2 aromatic carbocycles. The number of hydrogen-bond donors (Lipinski definition) is 2.